The zero-order valence-electron chi connectivity index (χ0n) is 14.7. The van der Waals surface area contributed by atoms with Crippen molar-refractivity contribution in [2.24, 2.45) is 0 Å². The van der Waals surface area contributed by atoms with Crippen LogP contribution >= 0.6 is 11.6 Å². The fourth-order valence-electron chi connectivity index (χ4n) is 2.52. The first kappa shape index (κ1) is 18.8. The Hall–Kier alpha value is -2.99. The predicted molar refractivity (Wildman–Crippen MR) is 102 cm³/mol. The third-order valence-electron chi connectivity index (χ3n) is 3.97. The molecule has 0 fully saturated rings. The van der Waals surface area contributed by atoms with Gasteiger partial charge in [-0.25, -0.2) is 9.07 Å². The largest absolute Gasteiger partial charge is 0.338 e. The Morgan fingerprint density at radius 1 is 1.22 bits per heavy atom. The molecule has 0 saturated carbocycles. The minimum Gasteiger partial charge on any atom is -0.338 e. The maximum Gasteiger partial charge on any atom is 0.246 e. The molecule has 0 atom stereocenters. The molecule has 0 radical (unpaired) electrons. The van der Waals surface area contributed by atoms with Crippen molar-refractivity contribution in [3.63, 3.8) is 0 Å². The van der Waals surface area contributed by atoms with Gasteiger partial charge < -0.3 is 4.90 Å². The van der Waals surface area contributed by atoms with Crippen molar-refractivity contribution in [2.45, 2.75) is 13.1 Å². The van der Waals surface area contributed by atoms with Crippen molar-refractivity contribution in [3.8, 4) is 0 Å². The zero-order chi connectivity index (χ0) is 19.2. The first-order valence-corrected chi connectivity index (χ1v) is 8.71. The molecule has 0 spiro atoms. The topological polar surface area (TPSA) is 51.0 Å². The van der Waals surface area contributed by atoms with Gasteiger partial charge in [-0.2, -0.15) is 0 Å². The molecule has 3 rings (SSSR count). The molecule has 27 heavy (non-hydrogen) atoms. The van der Waals surface area contributed by atoms with Gasteiger partial charge in [0.15, 0.2) is 0 Å². The lowest BCUT2D eigenvalue weighted by Crippen LogP contribution is -2.24. The molecule has 1 amide bonds. The predicted octanol–water partition coefficient (Wildman–Crippen LogP) is 3.79. The smallest absolute Gasteiger partial charge is 0.246 e. The number of likely N-dealkylation sites (N-methyl/N-ethyl adjacent to an activating group) is 1. The van der Waals surface area contributed by atoms with Crippen LogP contribution in [0.1, 0.15) is 16.8 Å². The van der Waals surface area contributed by atoms with Gasteiger partial charge in [-0.1, -0.05) is 53.2 Å². The van der Waals surface area contributed by atoms with Gasteiger partial charge in [0.1, 0.15) is 11.5 Å². The highest BCUT2D eigenvalue weighted by Gasteiger charge is 2.12. The van der Waals surface area contributed by atoms with E-state index in [-0.39, 0.29) is 18.0 Å². The zero-order valence-corrected chi connectivity index (χ0v) is 15.5. The number of nitrogens with zero attached hydrogens (tertiary/aromatic N) is 4. The van der Waals surface area contributed by atoms with Crippen molar-refractivity contribution >= 4 is 23.6 Å². The van der Waals surface area contributed by atoms with Crippen LogP contribution < -0.4 is 0 Å². The number of carbonyl (C=O) groups excluding carboxylic acids is 1. The maximum absolute atomic E-state index is 13.8. The average molecular weight is 385 g/mol. The molecule has 138 valence electrons. The SMILES string of the molecule is CN(Cc1c(F)cccc1Cl)C(=O)/C=C/c1cn(Cc2ccccc2)nn1. The van der Waals surface area contributed by atoms with Crippen LogP contribution in [0.2, 0.25) is 5.02 Å². The van der Waals surface area contributed by atoms with Crippen molar-refractivity contribution in [1.82, 2.24) is 19.9 Å². The Labute approximate surface area is 161 Å². The number of halogens is 2. The van der Waals surface area contributed by atoms with Crippen LogP contribution in [0.15, 0.2) is 60.8 Å². The molecule has 0 saturated heterocycles. The molecule has 0 aliphatic heterocycles. The van der Waals surface area contributed by atoms with E-state index in [4.69, 9.17) is 11.6 Å². The van der Waals surface area contributed by atoms with Crippen molar-refractivity contribution in [2.75, 3.05) is 7.05 Å². The summed E-state index contributed by atoms with van der Waals surface area (Å²) in [5.41, 5.74) is 1.96. The number of rotatable bonds is 6. The quantitative estimate of drug-likeness (QED) is 0.607. The molecule has 1 aromatic heterocycles. The van der Waals surface area contributed by atoms with Crippen molar-refractivity contribution in [3.05, 3.63) is 88.5 Å². The molecule has 7 heteroatoms. The minimum atomic E-state index is -0.435. The summed E-state index contributed by atoms with van der Waals surface area (Å²) in [6.45, 7) is 0.677. The van der Waals surface area contributed by atoms with E-state index >= 15 is 0 Å². The van der Waals surface area contributed by atoms with E-state index in [2.05, 4.69) is 10.3 Å². The molecule has 0 unspecified atom stereocenters. The molecular weight excluding hydrogens is 367 g/mol. The van der Waals surface area contributed by atoms with Gasteiger partial charge in [0.05, 0.1) is 12.7 Å². The van der Waals surface area contributed by atoms with Crippen LogP contribution in [0.4, 0.5) is 4.39 Å². The van der Waals surface area contributed by atoms with Crippen LogP contribution in [0, 0.1) is 5.82 Å². The molecular formula is C20H18ClFN4O. The summed E-state index contributed by atoms with van der Waals surface area (Å²) in [6.07, 6.45) is 4.71. The molecule has 0 aliphatic carbocycles. The number of hydrogen-bond acceptors (Lipinski definition) is 3. The van der Waals surface area contributed by atoms with E-state index in [1.807, 2.05) is 30.3 Å². The second-order valence-corrected chi connectivity index (χ2v) is 6.46. The van der Waals surface area contributed by atoms with Gasteiger partial charge in [-0.05, 0) is 23.8 Å². The maximum atomic E-state index is 13.8. The van der Waals surface area contributed by atoms with Crippen LogP contribution in [-0.2, 0) is 17.9 Å². The molecule has 5 nitrogen and oxygen atoms in total. The van der Waals surface area contributed by atoms with E-state index in [0.29, 0.717) is 17.3 Å². The summed E-state index contributed by atoms with van der Waals surface area (Å²) >= 11 is 6.00. The molecule has 0 N–H and O–H groups in total. The monoisotopic (exact) mass is 384 g/mol. The number of benzene rings is 2. The molecule has 2 aromatic carbocycles. The first-order chi connectivity index (χ1) is 13.0. The molecule has 0 aliphatic rings. The van der Waals surface area contributed by atoms with Gasteiger partial charge in [0, 0.05) is 30.3 Å². The number of hydrogen-bond donors (Lipinski definition) is 0. The Morgan fingerprint density at radius 2 is 2.00 bits per heavy atom. The Kier molecular flexibility index (Phi) is 5.98. The van der Waals surface area contributed by atoms with Gasteiger partial charge in [0.2, 0.25) is 5.91 Å². The highest BCUT2D eigenvalue weighted by Crippen LogP contribution is 2.20. The van der Waals surface area contributed by atoms with Gasteiger partial charge in [-0.15, -0.1) is 5.10 Å². The van der Waals surface area contributed by atoms with E-state index in [9.17, 15) is 9.18 Å². The summed E-state index contributed by atoms with van der Waals surface area (Å²) in [7, 11) is 1.59. The number of aromatic nitrogens is 3. The van der Waals surface area contributed by atoms with Crippen LogP contribution in [0.25, 0.3) is 6.08 Å². The first-order valence-electron chi connectivity index (χ1n) is 8.33. The second-order valence-electron chi connectivity index (χ2n) is 6.05. The van der Waals surface area contributed by atoms with Gasteiger partial charge in [0.25, 0.3) is 0 Å². The lowest BCUT2D eigenvalue weighted by molar-refractivity contribution is -0.125. The second kappa shape index (κ2) is 8.60. The summed E-state index contributed by atoms with van der Waals surface area (Å²) in [4.78, 5) is 13.6. The average Bonchev–Trinajstić information content (AvgIpc) is 3.11. The van der Waals surface area contributed by atoms with E-state index in [1.165, 1.54) is 23.1 Å². The lowest BCUT2D eigenvalue weighted by atomic mass is 10.2. The third kappa shape index (κ3) is 5.01. The highest BCUT2D eigenvalue weighted by molar-refractivity contribution is 6.31. The van der Waals surface area contributed by atoms with Crippen LogP contribution in [0.5, 0.6) is 0 Å². The normalized spacial score (nSPS) is 11.1. The van der Waals surface area contributed by atoms with E-state index < -0.39 is 5.82 Å². The van der Waals surface area contributed by atoms with Gasteiger partial charge in [-0.3, -0.25) is 4.79 Å². The number of amides is 1. The summed E-state index contributed by atoms with van der Waals surface area (Å²) in [5, 5.41) is 8.37. The van der Waals surface area contributed by atoms with Crippen molar-refractivity contribution in [1.29, 1.82) is 0 Å². The third-order valence-corrected chi connectivity index (χ3v) is 4.33. The summed E-state index contributed by atoms with van der Waals surface area (Å²) in [6, 6.07) is 14.3. The van der Waals surface area contributed by atoms with E-state index in [1.54, 1.807) is 30.1 Å². The Balaban J connectivity index is 1.61. The summed E-state index contributed by atoms with van der Waals surface area (Å²) < 4.78 is 15.5. The fraction of sp³-hybridized carbons (Fsp3) is 0.150. The fourth-order valence-corrected chi connectivity index (χ4v) is 2.74. The van der Waals surface area contributed by atoms with Crippen LogP contribution in [0.3, 0.4) is 0 Å². The summed E-state index contributed by atoms with van der Waals surface area (Å²) in [5.74, 6) is -0.720. The van der Waals surface area contributed by atoms with Gasteiger partial charge >= 0.3 is 0 Å². The lowest BCUT2D eigenvalue weighted by Gasteiger charge is -2.16. The minimum absolute atomic E-state index is 0.0787. The standard InChI is InChI=1S/C20H18ClFN4O/c1-25(14-17-18(21)8-5-9-19(17)22)20(27)11-10-16-13-26(24-23-16)12-15-6-3-2-4-7-15/h2-11,13H,12,14H2,1H3/b11-10+. The van der Waals surface area contributed by atoms with Crippen molar-refractivity contribution < 1.29 is 9.18 Å². The Bertz CT molecular complexity index is 935. The van der Waals surface area contributed by atoms with E-state index in [0.717, 1.165) is 5.56 Å². The number of carbonyl (C=O) groups is 1. The molecule has 3 aromatic rings. The molecule has 0 bridgehead atoms. The highest BCUT2D eigenvalue weighted by atomic mass is 35.5. The molecule has 1 heterocycles. The van der Waals surface area contributed by atoms with Crippen LogP contribution in [-0.4, -0.2) is 32.8 Å². The Morgan fingerprint density at radius 3 is 2.74 bits per heavy atom.